The molecule has 1 aliphatic rings. The summed E-state index contributed by atoms with van der Waals surface area (Å²) in [6, 6.07) is 1.34. The Morgan fingerprint density at radius 3 is 3.00 bits per heavy atom. The molecular formula is C11H14ClFN4O. The lowest BCUT2D eigenvalue weighted by atomic mass is 9.99. The molecule has 0 aromatic carbocycles. The van der Waals surface area contributed by atoms with Crippen LogP contribution in [0.5, 0.6) is 0 Å². The smallest absolute Gasteiger partial charge is 0.274 e. The number of nitrogens with zero attached hydrogens (tertiary/aromatic N) is 2. The minimum absolute atomic E-state index is 0. The first-order valence-corrected chi connectivity index (χ1v) is 5.71. The maximum atomic E-state index is 12.8. The van der Waals surface area contributed by atoms with E-state index in [0.29, 0.717) is 23.3 Å². The maximum Gasteiger partial charge on any atom is 0.274 e. The molecule has 1 aliphatic heterocycles. The van der Waals surface area contributed by atoms with Gasteiger partial charge in [-0.2, -0.15) is 4.98 Å². The molecule has 0 bridgehead atoms. The van der Waals surface area contributed by atoms with Gasteiger partial charge in [-0.25, -0.2) is 4.39 Å². The largest absolute Gasteiger partial charge is 0.355 e. The fraction of sp³-hybridized carbons (Fsp3) is 0.455. The third kappa shape index (κ3) is 2.54. The zero-order valence-corrected chi connectivity index (χ0v) is 10.5. The fourth-order valence-electron chi connectivity index (χ4n) is 2.07. The molecule has 2 aromatic rings. The predicted octanol–water partition coefficient (Wildman–Crippen LogP) is 2.09. The average Bonchev–Trinajstić information content (AvgIpc) is 2.98. The van der Waals surface area contributed by atoms with Crippen LogP contribution in [0.1, 0.15) is 24.6 Å². The summed E-state index contributed by atoms with van der Waals surface area (Å²) in [5.41, 5.74) is 0.519. The van der Waals surface area contributed by atoms with Gasteiger partial charge in [-0.3, -0.25) is 0 Å². The molecule has 0 saturated carbocycles. The molecule has 3 rings (SSSR count). The molecular weight excluding hydrogens is 259 g/mol. The van der Waals surface area contributed by atoms with Gasteiger partial charge < -0.3 is 14.8 Å². The Hall–Kier alpha value is -1.40. The summed E-state index contributed by atoms with van der Waals surface area (Å²) in [5, 5.41) is 7.25. The van der Waals surface area contributed by atoms with Crippen molar-refractivity contribution in [1.82, 2.24) is 20.4 Å². The number of aromatic amines is 1. The maximum absolute atomic E-state index is 12.8. The Kier molecular flexibility index (Phi) is 3.98. The first-order chi connectivity index (χ1) is 8.33. The van der Waals surface area contributed by atoms with Crippen LogP contribution in [-0.4, -0.2) is 28.2 Å². The lowest BCUT2D eigenvalue weighted by Crippen LogP contribution is -2.28. The lowest BCUT2D eigenvalue weighted by molar-refractivity contribution is 0.392. The van der Waals surface area contributed by atoms with Crippen LogP contribution in [0.15, 0.2) is 16.8 Å². The molecule has 1 atom stereocenters. The van der Waals surface area contributed by atoms with Gasteiger partial charge in [0, 0.05) is 24.7 Å². The molecule has 5 nitrogen and oxygen atoms in total. The Labute approximate surface area is 110 Å². The van der Waals surface area contributed by atoms with Crippen molar-refractivity contribution in [2.45, 2.75) is 18.8 Å². The first kappa shape index (κ1) is 13.0. The highest BCUT2D eigenvalue weighted by molar-refractivity contribution is 5.85. The molecule has 1 unspecified atom stereocenters. The average molecular weight is 273 g/mol. The van der Waals surface area contributed by atoms with E-state index in [1.807, 2.05) is 0 Å². The van der Waals surface area contributed by atoms with Crippen molar-refractivity contribution < 1.29 is 8.91 Å². The number of halogens is 2. The Bertz CT molecular complexity index is 507. The highest BCUT2D eigenvalue weighted by Gasteiger charge is 2.21. The molecule has 7 heteroatoms. The van der Waals surface area contributed by atoms with E-state index in [2.05, 4.69) is 20.4 Å². The van der Waals surface area contributed by atoms with Crippen LogP contribution in [0.2, 0.25) is 0 Å². The summed E-state index contributed by atoms with van der Waals surface area (Å²) in [6.45, 7) is 1.92. The van der Waals surface area contributed by atoms with E-state index < -0.39 is 0 Å². The Balaban J connectivity index is 0.00000120. The number of nitrogens with one attached hydrogen (secondary N) is 2. The van der Waals surface area contributed by atoms with Crippen molar-refractivity contribution in [3.63, 3.8) is 0 Å². The van der Waals surface area contributed by atoms with E-state index in [9.17, 15) is 4.39 Å². The van der Waals surface area contributed by atoms with E-state index in [-0.39, 0.29) is 18.2 Å². The van der Waals surface area contributed by atoms with Crippen LogP contribution in [0, 0.1) is 5.82 Å². The normalized spacial score (nSPS) is 19.5. The van der Waals surface area contributed by atoms with E-state index in [1.54, 1.807) is 0 Å². The number of rotatable bonds is 2. The van der Waals surface area contributed by atoms with Gasteiger partial charge in [-0.05, 0) is 19.4 Å². The highest BCUT2D eigenvalue weighted by Crippen LogP contribution is 2.23. The van der Waals surface area contributed by atoms with Gasteiger partial charge in [0.25, 0.3) is 5.89 Å². The van der Waals surface area contributed by atoms with Crippen LogP contribution in [0.4, 0.5) is 4.39 Å². The van der Waals surface area contributed by atoms with E-state index in [1.165, 1.54) is 12.3 Å². The van der Waals surface area contributed by atoms with E-state index in [4.69, 9.17) is 4.52 Å². The third-order valence-corrected chi connectivity index (χ3v) is 2.98. The fourth-order valence-corrected chi connectivity index (χ4v) is 2.07. The van der Waals surface area contributed by atoms with Crippen LogP contribution in [0.25, 0.3) is 11.6 Å². The van der Waals surface area contributed by atoms with Crippen molar-refractivity contribution >= 4 is 12.4 Å². The molecule has 0 spiro atoms. The zero-order valence-electron chi connectivity index (χ0n) is 9.65. The number of piperidine rings is 1. The predicted molar refractivity (Wildman–Crippen MR) is 66.1 cm³/mol. The number of hydrogen-bond acceptors (Lipinski definition) is 4. The monoisotopic (exact) mass is 272 g/mol. The van der Waals surface area contributed by atoms with Crippen molar-refractivity contribution in [3.8, 4) is 11.6 Å². The quantitative estimate of drug-likeness (QED) is 0.879. The number of hydrogen-bond donors (Lipinski definition) is 2. The summed E-state index contributed by atoms with van der Waals surface area (Å²) in [5.74, 6) is 0.997. The molecule has 2 aromatic heterocycles. The summed E-state index contributed by atoms with van der Waals surface area (Å²) >= 11 is 0. The molecule has 0 amide bonds. The summed E-state index contributed by atoms with van der Waals surface area (Å²) < 4.78 is 18.0. The summed E-state index contributed by atoms with van der Waals surface area (Å²) in [6.07, 6.45) is 3.44. The minimum Gasteiger partial charge on any atom is -0.355 e. The molecule has 0 radical (unpaired) electrons. The standard InChI is InChI=1S/C11H13FN4O.ClH/c12-8-4-9(14-6-8)11-15-10(16-17-11)7-2-1-3-13-5-7;/h4,6-7,13-14H,1-3,5H2;1H. The molecule has 0 aliphatic carbocycles. The van der Waals surface area contributed by atoms with Crippen LogP contribution < -0.4 is 5.32 Å². The van der Waals surface area contributed by atoms with Crippen molar-refractivity contribution in [2.75, 3.05) is 13.1 Å². The van der Waals surface area contributed by atoms with Gasteiger partial charge in [-0.15, -0.1) is 12.4 Å². The van der Waals surface area contributed by atoms with Crippen molar-refractivity contribution in [1.29, 1.82) is 0 Å². The number of aromatic nitrogens is 3. The Morgan fingerprint density at radius 2 is 2.33 bits per heavy atom. The van der Waals surface area contributed by atoms with Gasteiger partial charge >= 0.3 is 0 Å². The summed E-state index contributed by atoms with van der Waals surface area (Å²) in [4.78, 5) is 7.05. The lowest BCUT2D eigenvalue weighted by Gasteiger charge is -2.19. The SMILES string of the molecule is Cl.Fc1c[nH]c(-c2nc(C3CCCNC3)no2)c1. The topological polar surface area (TPSA) is 66.7 Å². The van der Waals surface area contributed by atoms with Crippen LogP contribution >= 0.6 is 12.4 Å². The van der Waals surface area contributed by atoms with E-state index >= 15 is 0 Å². The van der Waals surface area contributed by atoms with Crippen LogP contribution in [-0.2, 0) is 0 Å². The molecule has 98 valence electrons. The van der Waals surface area contributed by atoms with Crippen LogP contribution in [0.3, 0.4) is 0 Å². The molecule has 2 N–H and O–H groups in total. The van der Waals surface area contributed by atoms with Gasteiger partial charge in [0.05, 0.1) is 0 Å². The number of H-pyrrole nitrogens is 1. The van der Waals surface area contributed by atoms with Gasteiger partial charge in [0.15, 0.2) is 5.82 Å². The first-order valence-electron chi connectivity index (χ1n) is 5.71. The summed E-state index contributed by atoms with van der Waals surface area (Å²) in [7, 11) is 0. The second-order valence-electron chi connectivity index (χ2n) is 4.23. The van der Waals surface area contributed by atoms with Crippen molar-refractivity contribution in [3.05, 3.63) is 23.9 Å². The highest BCUT2D eigenvalue weighted by atomic mass is 35.5. The second-order valence-corrected chi connectivity index (χ2v) is 4.23. The van der Waals surface area contributed by atoms with E-state index in [0.717, 1.165) is 25.9 Å². The molecule has 1 saturated heterocycles. The molecule has 1 fully saturated rings. The second kappa shape index (κ2) is 5.49. The third-order valence-electron chi connectivity index (χ3n) is 2.98. The minimum atomic E-state index is -0.334. The van der Waals surface area contributed by atoms with Crippen molar-refractivity contribution in [2.24, 2.45) is 0 Å². The van der Waals surface area contributed by atoms with Gasteiger partial charge in [-0.1, -0.05) is 5.16 Å². The van der Waals surface area contributed by atoms with Gasteiger partial charge in [0.2, 0.25) is 0 Å². The molecule has 18 heavy (non-hydrogen) atoms. The molecule has 3 heterocycles. The Morgan fingerprint density at radius 1 is 1.44 bits per heavy atom. The zero-order chi connectivity index (χ0) is 11.7. The van der Waals surface area contributed by atoms with Gasteiger partial charge in [0.1, 0.15) is 11.5 Å².